The Balaban J connectivity index is 1.79. The van der Waals surface area contributed by atoms with Gasteiger partial charge in [0.15, 0.2) is 0 Å². The molecule has 0 aliphatic carbocycles. The number of hydrogen-bond acceptors (Lipinski definition) is 3. The molecule has 0 saturated carbocycles. The van der Waals surface area contributed by atoms with Crippen LogP contribution in [-0.4, -0.2) is 39.0 Å². The number of hydrogen-bond donors (Lipinski definition) is 1. The zero-order valence-corrected chi connectivity index (χ0v) is 9.96. The van der Waals surface area contributed by atoms with Gasteiger partial charge in [-0.1, -0.05) is 19.8 Å². The number of nitrogens with one attached hydrogen (secondary N) is 1. The fourth-order valence-corrected chi connectivity index (χ4v) is 1.79. The summed E-state index contributed by atoms with van der Waals surface area (Å²) in [4.78, 5) is 0. The monoisotopic (exact) mass is 215 g/mol. The summed E-state index contributed by atoms with van der Waals surface area (Å²) in [6.45, 7) is 6.82. The molecule has 1 aliphatic heterocycles. The van der Waals surface area contributed by atoms with Crippen molar-refractivity contribution in [1.82, 2.24) is 5.32 Å². The highest BCUT2D eigenvalue weighted by Gasteiger charge is 2.12. The Hall–Kier alpha value is -0.120. The molecule has 0 atom stereocenters. The van der Waals surface area contributed by atoms with Gasteiger partial charge in [-0.3, -0.25) is 0 Å². The zero-order chi connectivity index (χ0) is 10.8. The Morgan fingerprint density at radius 2 is 1.87 bits per heavy atom. The lowest BCUT2D eigenvalue weighted by Crippen LogP contribution is -2.33. The molecule has 0 amide bonds. The summed E-state index contributed by atoms with van der Waals surface area (Å²) < 4.78 is 11.2. The molecule has 0 radical (unpaired) electrons. The summed E-state index contributed by atoms with van der Waals surface area (Å²) in [5.74, 6) is 0. The van der Waals surface area contributed by atoms with Crippen LogP contribution in [0.3, 0.4) is 0 Å². The molecule has 1 saturated heterocycles. The van der Waals surface area contributed by atoms with Gasteiger partial charge >= 0.3 is 0 Å². The molecule has 1 aliphatic rings. The van der Waals surface area contributed by atoms with Gasteiger partial charge in [-0.25, -0.2) is 0 Å². The minimum atomic E-state index is 0.463. The summed E-state index contributed by atoms with van der Waals surface area (Å²) >= 11 is 0. The average molecular weight is 215 g/mol. The fraction of sp³-hybridized carbons (Fsp3) is 1.00. The second-order valence-corrected chi connectivity index (χ2v) is 4.14. The molecule has 1 rings (SSSR count). The molecule has 15 heavy (non-hydrogen) atoms. The molecular weight excluding hydrogens is 190 g/mol. The predicted molar refractivity (Wildman–Crippen MR) is 62.2 cm³/mol. The first-order valence-corrected chi connectivity index (χ1v) is 6.33. The van der Waals surface area contributed by atoms with Crippen molar-refractivity contribution in [2.24, 2.45) is 0 Å². The highest BCUT2D eigenvalue weighted by Crippen LogP contribution is 2.06. The predicted octanol–water partition coefficient (Wildman–Crippen LogP) is 1.96. The van der Waals surface area contributed by atoms with Crippen LogP contribution in [-0.2, 0) is 9.47 Å². The van der Waals surface area contributed by atoms with Crippen LogP contribution in [0, 0.1) is 0 Å². The van der Waals surface area contributed by atoms with E-state index in [0.717, 1.165) is 45.8 Å². The molecule has 1 fully saturated rings. The lowest BCUT2D eigenvalue weighted by atomic mass is 10.1. The second-order valence-electron chi connectivity index (χ2n) is 4.14. The van der Waals surface area contributed by atoms with E-state index in [9.17, 15) is 0 Å². The van der Waals surface area contributed by atoms with Crippen LogP contribution in [0.5, 0.6) is 0 Å². The third-order valence-corrected chi connectivity index (χ3v) is 2.76. The molecule has 3 heteroatoms. The van der Waals surface area contributed by atoms with Crippen LogP contribution in [0.4, 0.5) is 0 Å². The Morgan fingerprint density at radius 3 is 2.60 bits per heavy atom. The topological polar surface area (TPSA) is 30.5 Å². The number of piperidine rings is 1. The average Bonchev–Trinajstić information content (AvgIpc) is 2.29. The molecule has 1 N–H and O–H groups in total. The van der Waals surface area contributed by atoms with Crippen LogP contribution in [0.2, 0.25) is 0 Å². The van der Waals surface area contributed by atoms with Crippen molar-refractivity contribution in [2.45, 2.75) is 45.1 Å². The smallest absolute Gasteiger partial charge is 0.0704 e. The lowest BCUT2D eigenvalue weighted by molar-refractivity contribution is -0.00767. The van der Waals surface area contributed by atoms with Gasteiger partial charge in [-0.05, 0) is 32.4 Å². The van der Waals surface area contributed by atoms with E-state index in [1.54, 1.807) is 0 Å². The van der Waals surface area contributed by atoms with Crippen LogP contribution in [0.1, 0.15) is 39.0 Å². The third kappa shape index (κ3) is 6.88. The van der Waals surface area contributed by atoms with Crippen molar-refractivity contribution in [1.29, 1.82) is 0 Å². The van der Waals surface area contributed by atoms with Gasteiger partial charge in [0.2, 0.25) is 0 Å². The van der Waals surface area contributed by atoms with Gasteiger partial charge in [-0.2, -0.15) is 0 Å². The highest BCUT2D eigenvalue weighted by molar-refractivity contribution is 4.67. The summed E-state index contributed by atoms with van der Waals surface area (Å²) in [5.41, 5.74) is 0. The zero-order valence-electron chi connectivity index (χ0n) is 9.96. The van der Waals surface area contributed by atoms with E-state index in [0.29, 0.717) is 6.10 Å². The molecule has 0 spiro atoms. The number of ether oxygens (including phenoxy) is 2. The van der Waals surface area contributed by atoms with Gasteiger partial charge in [0.05, 0.1) is 19.3 Å². The molecule has 1 heterocycles. The van der Waals surface area contributed by atoms with Gasteiger partial charge in [0.1, 0.15) is 0 Å². The maximum atomic E-state index is 5.72. The van der Waals surface area contributed by atoms with E-state index in [2.05, 4.69) is 12.2 Å². The van der Waals surface area contributed by atoms with Crippen LogP contribution in [0.25, 0.3) is 0 Å². The maximum Gasteiger partial charge on any atom is 0.0704 e. The van der Waals surface area contributed by atoms with E-state index in [-0.39, 0.29) is 0 Å². The van der Waals surface area contributed by atoms with Crippen molar-refractivity contribution in [2.75, 3.05) is 32.9 Å². The highest BCUT2D eigenvalue weighted by atomic mass is 16.5. The van der Waals surface area contributed by atoms with E-state index in [4.69, 9.17) is 9.47 Å². The van der Waals surface area contributed by atoms with E-state index < -0.39 is 0 Å². The van der Waals surface area contributed by atoms with Gasteiger partial charge in [-0.15, -0.1) is 0 Å². The Kier molecular flexibility index (Phi) is 7.88. The Labute approximate surface area is 93.5 Å². The van der Waals surface area contributed by atoms with Crippen molar-refractivity contribution in [3.63, 3.8) is 0 Å². The molecule has 0 unspecified atom stereocenters. The number of rotatable bonds is 8. The molecule has 0 aromatic carbocycles. The van der Waals surface area contributed by atoms with E-state index >= 15 is 0 Å². The van der Waals surface area contributed by atoms with E-state index in [1.807, 2.05) is 0 Å². The summed E-state index contributed by atoms with van der Waals surface area (Å²) in [7, 11) is 0. The molecule has 0 aromatic rings. The summed E-state index contributed by atoms with van der Waals surface area (Å²) in [5, 5.41) is 3.33. The molecular formula is C12H25NO2. The molecule has 90 valence electrons. The third-order valence-electron chi connectivity index (χ3n) is 2.76. The van der Waals surface area contributed by atoms with Crippen molar-refractivity contribution in [3.8, 4) is 0 Å². The van der Waals surface area contributed by atoms with Crippen molar-refractivity contribution in [3.05, 3.63) is 0 Å². The first kappa shape index (κ1) is 12.9. The van der Waals surface area contributed by atoms with Gasteiger partial charge in [0.25, 0.3) is 0 Å². The Bertz CT molecular complexity index is 136. The van der Waals surface area contributed by atoms with E-state index in [1.165, 1.54) is 19.3 Å². The Morgan fingerprint density at radius 1 is 1.07 bits per heavy atom. The largest absolute Gasteiger partial charge is 0.379 e. The number of unbranched alkanes of at least 4 members (excludes halogenated alkanes) is 2. The SMILES string of the molecule is CCCCCOCCOC1CCNCC1. The first-order valence-electron chi connectivity index (χ1n) is 6.33. The van der Waals surface area contributed by atoms with Crippen LogP contribution in [0.15, 0.2) is 0 Å². The van der Waals surface area contributed by atoms with Gasteiger partial charge < -0.3 is 14.8 Å². The van der Waals surface area contributed by atoms with Gasteiger partial charge in [0, 0.05) is 6.61 Å². The van der Waals surface area contributed by atoms with Crippen LogP contribution >= 0.6 is 0 Å². The first-order chi connectivity index (χ1) is 7.43. The normalized spacial score (nSPS) is 18.2. The lowest BCUT2D eigenvalue weighted by Gasteiger charge is -2.22. The molecule has 3 nitrogen and oxygen atoms in total. The maximum absolute atomic E-state index is 5.72. The quantitative estimate of drug-likeness (QED) is 0.628. The second kappa shape index (κ2) is 9.13. The standard InChI is InChI=1S/C12H25NO2/c1-2-3-4-9-14-10-11-15-12-5-7-13-8-6-12/h12-13H,2-11H2,1H3. The van der Waals surface area contributed by atoms with Crippen molar-refractivity contribution >= 4 is 0 Å². The minimum absolute atomic E-state index is 0.463. The molecule has 0 bridgehead atoms. The molecule has 0 aromatic heterocycles. The van der Waals surface area contributed by atoms with Crippen molar-refractivity contribution < 1.29 is 9.47 Å². The fourth-order valence-electron chi connectivity index (χ4n) is 1.79. The summed E-state index contributed by atoms with van der Waals surface area (Å²) in [6.07, 6.45) is 6.48. The summed E-state index contributed by atoms with van der Waals surface area (Å²) in [6, 6.07) is 0. The van der Waals surface area contributed by atoms with Crippen LogP contribution < -0.4 is 5.32 Å². The minimum Gasteiger partial charge on any atom is -0.379 e.